The fourth-order valence-electron chi connectivity index (χ4n) is 3.26. The fourth-order valence-corrected chi connectivity index (χ4v) is 4.44. The molecule has 4 aromatic rings. The summed E-state index contributed by atoms with van der Waals surface area (Å²) < 4.78 is 32.6. The molecular formula is C23H16N4O6S. The molecule has 170 valence electrons. The number of fused-ring (bicyclic) bond motifs is 1. The van der Waals surface area contributed by atoms with Crippen molar-refractivity contribution in [2.24, 2.45) is 0 Å². The number of benzene rings is 3. The lowest BCUT2D eigenvalue weighted by Crippen LogP contribution is -2.16. The van der Waals surface area contributed by atoms with Gasteiger partial charge in [-0.2, -0.15) is 5.26 Å². The summed E-state index contributed by atoms with van der Waals surface area (Å²) in [6.45, 7) is 0. The Morgan fingerprint density at radius 2 is 1.82 bits per heavy atom. The number of carbonyl (C=O) groups is 2. The zero-order valence-corrected chi connectivity index (χ0v) is 18.2. The van der Waals surface area contributed by atoms with Crippen LogP contribution >= 0.6 is 0 Å². The number of nitriles is 1. The fraction of sp³-hybridized carbons (Fsp3) is 0.0435. The number of aromatic nitrogens is 1. The average Bonchev–Trinajstić information content (AvgIpc) is 3.22. The van der Waals surface area contributed by atoms with Gasteiger partial charge in [0, 0.05) is 6.07 Å². The first kappa shape index (κ1) is 22.5. The topological polar surface area (TPSA) is 162 Å². The van der Waals surface area contributed by atoms with Crippen molar-refractivity contribution in [3.63, 3.8) is 0 Å². The van der Waals surface area contributed by atoms with Gasteiger partial charge in [-0.1, -0.05) is 35.5 Å². The highest BCUT2D eigenvalue weighted by molar-refractivity contribution is 7.91. The Morgan fingerprint density at radius 3 is 2.53 bits per heavy atom. The van der Waals surface area contributed by atoms with Gasteiger partial charge in [-0.15, -0.1) is 0 Å². The molecular weight excluding hydrogens is 460 g/mol. The van der Waals surface area contributed by atoms with Gasteiger partial charge < -0.3 is 14.9 Å². The number of rotatable bonds is 7. The quantitative estimate of drug-likeness (QED) is 0.364. The highest BCUT2D eigenvalue weighted by Crippen LogP contribution is 2.25. The first-order chi connectivity index (χ1) is 16.3. The highest BCUT2D eigenvalue weighted by atomic mass is 32.2. The summed E-state index contributed by atoms with van der Waals surface area (Å²) in [5, 5.41) is 24.8. The van der Waals surface area contributed by atoms with Gasteiger partial charge in [0.2, 0.25) is 10.0 Å². The standard InChI is InChI=1S/C23H16N4O6S/c24-12-15-6-9-19(18(10-15)23(29)30)25-22(28)21-17-8-7-16(11-20(17)33-26-21)27-34(31,32)13-14-4-2-1-3-5-14/h1-11,27H,13H2,(H,25,28)(H,29,30). The van der Waals surface area contributed by atoms with E-state index in [2.05, 4.69) is 15.2 Å². The van der Waals surface area contributed by atoms with E-state index in [4.69, 9.17) is 9.78 Å². The third kappa shape index (κ3) is 4.87. The van der Waals surface area contributed by atoms with Gasteiger partial charge in [-0.05, 0) is 35.9 Å². The van der Waals surface area contributed by atoms with E-state index in [-0.39, 0.29) is 39.5 Å². The number of sulfonamides is 1. The Balaban J connectivity index is 1.55. The van der Waals surface area contributed by atoms with Gasteiger partial charge in [0.25, 0.3) is 5.91 Å². The second-order valence-electron chi connectivity index (χ2n) is 7.22. The Hall–Kier alpha value is -4.69. The summed E-state index contributed by atoms with van der Waals surface area (Å²) in [7, 11) is -3.70. The molecule has 0 aliphatic carbocycles. The predicted molar refractivity (Wildman–Crippen MR) is 123 cm³/mol. The Labute approximate surface area is 193 Å². The lowest BCUT2D eigenvalue weighted by molar-refractivity contribution is 0.0698. The van der Waals surface area contributed by atoms with E-state index in [1.807, 2.05) is 6.07 Å². The van der Waals surface area contributed by atoms with Crippen LogP contribution in [0.1, 0.15) is 32.0 Å². The minimum absolute atomic E-state index is 0.0158. The van der Waals surface area contributed by atoms with E-state index in [9.17, 15) is 23.1 Å². The van der Waals surface area contributed by atoms with Crippen LogP contribution in [-0.4, -0.2) is 30.6 Å². The number of carboxylic acid groups (broad SMARTS) is 1. The van der Waals surface area contributed by atoms with Crippen molar-refractivity contribution in [1.29, 1.82) is 5.26 Å². The van der Waals surface area contributed by atoms with Crippen LogP contribution in [0.5, 0.6) is 0 Å². The van der Waals surface area contributed by atoms with Gasteiger partial charge >= 0.3 is 5.97 Å². The molecule has 1 aromatic heterocycles. The number of nitrogens with one attached hydrogen (secondary N) is 2. The number of carboxylic acids is 1. The van der Waals surface area contributed by atoms with Crippen LogP contribution in [0.25, 0.3) is 11.0 Å². The molecule has 4 rings (SSSR count). The molecule has 11 heteroatoms. The minimum Gasteiger partial charge on any atom is -0.478 e. The summed E-state index contributed by atoms with van der Waals surface area (Å²) in [5.41, 5.74) is 0.751. The molecule has 0 fully saturated rings. The molecule has 0 aliphatic heterocycles. The van der Waals surface area contributed by atoms with Crippen LogP contribution in [0.3, 0.4) is 0 Å². The lowest BCUT2D eigenvalue weighted by atomic mass is 10.1. The maximum Gasteiger partial charge on any atom is 0.337 e. The second-order valence-corrected chi connectivity index (χ2v) is 8.94. The molecule has 0 radical (unpaired) electrons. The maximum absolute atomic E-state index is 12.7. The van der Waals surface area contributed by atoms with Crippen molar-refractivity contribution in [3.05, 3.63) is 89.1 Å². The van der Waals surface area contributed by atoms with E-state index in [0.717, 1.165) is 6.07 Å². The molecule has 1 heterocycles. The Kier molecular flexibility index (Phi) is 5.99. The van der Waals surface area contributed by atoms with Crippen LogP contribution in [0.15, 0.2) is 71.3 Å². The van der Waals surface area contributed by atoms with E-state index < -0.39 is 21.9 Å². The number of anilines is 2. The smallest absolute Gasteiger partial charge is 0.337 e. The molecule has 3 aromatic carbocycles. The number of aromatic carboxylic acids is 1. The zero-order valence-electron chi connectivity index (χ0n) is 17.3. The molecule has 0 saturated carbocycles. The van der Waals surface area contributed by atoms with Gasteiger partial charge in [-0.25, -0.2) is 13.2 Å². The van der Waals surface area contributed by atoms with Crippen molar-refractivity contribution in [2.75, 3.05) is 10.0 Å². The van der Waals surface area contributed by atoms with Crippen molar-refractivity contribution in [2.45, 2.75) is 5.75 Å². The van der Waals surface area contributed by atoms with Crippen LogP contribution in [0.4, 0.5) is 11.4 Å². The van der Waals surface area contributed by atoms with E-state index >= 15 is 0 Å². The van der Waals surface area contributed by atoms with Gasteiger partial charge in [-0.3, -0.25) is 9.52 Å². The van der Waals surface area contributed by atoms with E-state index in [1.165, 1.54) is 30.3 Å². The normalized spacial score (nSPS) is 11.0. The molecule has 0 spiro atoms. The largest absolute Gasteiger partial charge is 0.478 e. The van der Waals surface area contributed by atoms with Crippen LogP contribution < -0.4 is 10.0 Å². The highest BCUT2D eigenvalue weighted by Gasteiger charge is 2.20. The van der Waals surface area contributed by atoms with Gasteiger partial charge in [0.15, 0.2) is 11.3 Å². The third-order valence-corrected chi connectivity index (χ3v) is 6.05. The first-order valence-corrected chi connectivity index (χ1v) is 11.4. The summed E-state index contributed by atoms with van der Waals surface area (Å²) in [4.78, 5) is 24.2. The molecule has 34 heavy (non-hydrogen) atoms. The van der Waals surface area contributed by atoms with E-state index in [1.54, 1.807) is 30.3 Å². The number of amides is 1. The van der Waals surface area contributed by atoms with Crippen LogP contribution in [0.2, 0.25) is 0 Å². The van der Waals surface area contributed by atoms with Crippen LogP contribution in [0, 0.1) is 11.3 Å². The summed E-state index contributed by atoms with van der Waals surface area (Å²) in [5.74, 6) is -2.26. The SMILES string of the molecule is N#Cc1ccc(NC(=O)c2noc3cc(NS(=O)(=O)Cc4ccccc4)ccc23)c(C(=O)O)c1. The maximum atomic E-state index is 12.7. The number of hydrogen-bond donors (Lipinski definition) is 3. The molecule has 3 N–H and O–H groups in total. The summed E-state index contributed by atoms with van der Waals surface area (Å²) >= 11 is 0. The molecule has 0 bridgehead atoms. The summed E-state index contributed by atoms with van der Waals surface area (Å²) in [6, 6.07) is 18.7. The van der Waals surface area contributed by atoms with Crippen molar-refractivity contribution in [3.8, 4) is 6.07 Å². The van der Waals surface area contributed by atoms with Crippen molar-refractivity contribution in [1.82, 2.24) is 5.16 Å². The zero-order chi connectivity index (χ0) is 24.3. The first-order valence-electron chi connectivity index (χ1n) is 9.78. The monoisotopic (exact) mass is 476 g/mol. The van der Waals surface area contributed by atoms with Crippen molar-refractivity contribution < 1.29 is 27.6 Å². The van der Waals surface area contributed by atoms with Crippen molar-refractivity contribution >= 4 is 44.2 Å². The average molecular weight is 476 g/mol. The molecule has 1 amide bonds. The molecule has 0 unspecified atom stereocenters. The molecule has 0 atom stereocenters. The number of nitrogens with zero attached hydrogens (tertiary/aromatic N) is 2. The number of carbonyl (C=O) groups excluding carboxylic acids is 1. The molecule has 0 aliphatic rings. The minimum atomic E-state index is -3.70. The number of hydrogen-bond acceptors (Lipinski definition) is 7. The van der Waals surface area contributed by atoms with E-state index in [0.29, 0.717) is 10.9 Å². The predicted octanol–water partition coefficient (Wildman–Crippen LogP) is 3.59. The van der Waals surface area contributed by atoms with Crippen LogP contribution in [-0.2, 0) is 15.8 Å². The Morgan fingerprint density at radius 1 is 1.06 bits per heavy atom. The lowest BCUT2D eigenvalue weighted by Gasteiger charge is -2.08. The Bertz CT molecular complexity index is 1560. The van der Waals surface area contributed by atoms with Gasteiger partial charge in [0.1, 0.15) is 0 Å². The van der Waals surface area contributed by atoms with Gasteiger partial charge in [0.05, 0.1) is 39.7 Å². The third-order valence-electron chi connectivity index (χ3n) is 4.79. The molecule has 0 saturated heterocycles. The summed E-state index contributed by atoms with van der Waals surface area (Å²) in [6.07, 6.45) is 0. The molecule has 10 nitrogen and oxygen atoms in total. The second kappa shape index (κ2) is 9.05.